The first-order valence-corrected chi connectivity index (χ1v) is 9.38. The second kappa shape index (κ2) is 7.85. The van der Waals surface area contributed by atoms with Crippen LogP contribution in [-0.4, -0.2) is 44.1 Å². The molecule has 6 heteroatoms. The van der Waals surface area contributed by atoms with Gasteiger partial charge in [-0.3, -0.25) is 4.79 Å². The maximum atomic E-state index is 12.3. The van der Waals surface area contributed by atoms with Crippen LogP contribution in [0.25, 0.3) is 6.08 Å². The minimum atomic E-state index is 0.0739. The molecule has 2 aromatic rings. The Balaban J connectivity index is 1.56. The highest BCUT2D eigenvalue weighted by molar-refractivity contribution is 9.11. The van der Waals surface area contributed by atoms with Gasteiger partial charge in [-0.15, -0.1) is 11.3 Å². The summed E-state index contributed by atoms with van der Waals surface area (Å²) in [6, 6.07) is 12.0. The molecule has 126 valence electrons. The van der Waals surface area contributed by atoms with Crippen molar-refractivity contribution in [2.75, 3.05) is 38.2 Å². The summed E-state index contributed by atoms with van der Waals surface area (Å²) in [7, 11) is 1.67. The molecule has 1 saturated heterocycles. The average Bonchev–Trinajstić information content (AvgIpc) is 3.05. The summed E-state index contributed by atoms with van der Waals surface area (Å²) >= 11 is 5.05. The van der Waals surface area contributed by atoms with Crippen LogP contribution in [0.4, 0.5) is 5.69 Å². The highest BCUT2D eigenvalue weighted by Gasteiger charge is 2.20. The first kappa shape index (κ1) is 17.0. The molecular weight excluding hydrogens is 388 g/mol. The molecule has 4 nitrogen and oxygen atoms in total. The molecule has 3 rings (SSSR count). The molecule has 0 aliphatic carbocycles. The molecule has 1 aliphatic heterocycles. The molecule has 1 aliphatic rings. The number of anilines is 1. The van der Waals surface area contributed by atoms with Gasteiger partial charge in [0.15, 0.2) is 0 Å². The van der Waals surface area contributed by atoms with Crippen LogP contribution in [0, 0.1) is 0 Å². The minimum Gasteiger partial charge on any atom is -0.497 e. The zero-order valence-corrected chi connectivity index (χ0v) is 15.8. The van der Waals surface area contributed by atoms with Crippen molar-refractivity contribution in [2.45, 2.75) is 0 Å². The van der Waals surface area contributed by atoms with E-state index in [0.29, 0.717) is 0 Å². The number of hydrogen-bond donors (Lipinski definition) is 0. The number of carbonyl (C=O) groups is 1. The maximum Gasteiger partial charge on any atom is 0.246 e. The molecule has 1 fully saturated rings. The Labute approximate surface area is 154 Å². The van der Waals surface area contributed by atoms with Crippen molar-refractivity contribution in [1.82, 2.24) is 4.90 Å². The van der Waals surface area contributed by atoms with Gasteiger partial charge in [0.2, 0.25) is 5.91 Å². The summed E-state index contributed by atoms with van der Waals surface area (Å²) in [5.41, 5.74) is 1.14. The van der Waals surface area contributed by atoms with E-state index in [2.05, 4.69) is 26.9 Å². The molecule has 2 heterocycles. The topological polar surface area (TPSA) is 32.8 Å². The van der Waals surface area contributed by atoms with Crippen molar-refractivity contribution in [3.8, 4) is 5.75 Å². The smallest absolute Gasteiger partial charge is 0.246 e. The van der Waals surface area contributed by atoms with Gasteiger partial charge in [0.1, 0.15) is 5.75 Å². The largest absolute Gasteiger partial charge is 0.497 e. The fourth-order valence-electron chi connectivity index (χ4n) is 2.67. The first-order valence-electron chi connectivity index (χ1n) is 7.77. The number of carbonyl (C=O) groups excluding carboxylic acids is 1. The molecule has 0 atom stereocenters. The van der Waals surface area contributed by atoms with E-state index in [1.54, 1.807) is 24.5 Å². The third-order valence-electron chi connectivity index (χ3n) is 3.99. The number of thiophene rings is 1. The Morgan fingerprint density at radius 1 is 1.21 bits per heavy atom. The van der Waals surface area contributed by atoms with E-state index in [-0.39, 0.29) is 5.91 Å². The number of hydrogen-bond acceptors (Lipinski definition) is 4. The van der Waals surface area contributed by atoms with Gasteiger partial charge in [0, 0.05) is 48.9 Å². The molecule has 0 saturated carbocycles. The van der Waals surface area contributed by atoms with Gasteiger partial charge in [0.25, 0.3) is 0 Å². The van der Waals surface area contributed by atoms with Crippen LogP contribution >= 0.6 is 27.3 Å². The summed E-state index contributed by atoms with van der Waals surface area (Å²) in [4.78, 5) is 17.6. The fraction of sp³-hybridized carbons (Fsp3) is 0.278. The predicted molar refractivity (Wildman–Crippen MR) is 103 cm³/mol. The van der Waals surface area contributed by atoms with Crippen LogP contribution in [0.3, 0.4) is 0 Å². The Kier molecular flexibility index (Phi) is 5.58. The summed E-state index contributed by atoms with van der Waals surface area (Å²) < 4.78 is 6.35. The molecule has 0 N–H and O–H groups in total. The van der Waals surface area contributed by atoms with Crippen LogP contribution < -0.4 is 9.64 Å². The number of benzene rings is 1. The third-order valence-corrected chi connectivity index (χ3v) is 5.58. The van der Waals surface area contributed by atoms with Crippen LogP contribution in [-0.2, 0) is 4.79 Å². The fourth-order valence-corrected chi connectivity index (χ4v) is 4.00. The van der Waals surface area contributed by atoms with E-state index in [0.717, 1.165) is 46.3 Å². The summed E-state index contributed by atoms with van der Waals surface area (Å²) in [5.74, 6) is 0.931. The molecular formula is C18H19BrN2O2S. The van der Waals surface area contributed by atoms with Crippen LogP contribution in [0.5, 0.6) is 5.75 Å². The van der Waals surface area contributed by atoms with E-state index in [1.807, 2.05) is 41.3 Å². The number of nitrogens with zero attached hydrogens (tertiary/aromatic N) is 2. The average molecular weight is 407 g/mol. The highest BCUT2D eigenvalue weighted by Crippen LogP contribution is 2.24. The second-order valence-electron chi connectivity index (χ2n) is 5.49. The predicted octanol–water partition coefficient (Wildman–Crippen LogP) is 3.88. The normalized spacial score (nSPS) is 15.1. The van der Waals surface area contributed by atoms with E-state index < -0.39 is 0 Å². The van der Waals surface area contributed by atoms with Gasteiger partial charge in [-0.05, 0) is 46.3 Å². The molecule has 0 radical (unpaired) electrons. The SMILES string of the molecule is COc1cccc(N2CCN(C(=O)/C=C/c3ccc(Br)s3)CC2)c1. The Morgan fingerprint density at radius 3 is 2.67 bits per heavy atom. The van der Waals surface area contributed by atoms with E-state index >= 15 is 0 Å². The van der Waals surface area contributed by atoms with Crippen molar-refractivity contribution < 1.29 is 9.53 Å². The van der Waals surface area contributed by atoms with Crippen LogP contribution in [0.1, 0.15) is 4.88 Å². The summed E-state index contributed by atoms with van der Waals surface area (Å²) in [6.07, 6.45) is 3.55. The third kappa shape index (κ3) is 4.19. The van der Waals surface area contributed by atoms with Gasteiger partial charge in [-0.2, -0.15) is 0 Å². The molecule has 1 amide bonds. The molecule has 0 spiro atoms. The van der Waals surface area contributed by atoms with Crippen molar-refractivity contribution in [1.29, 1.82) is 0 Å². The van der Waals surface area contributed by atoms with Crippen LogP contribution in [0.15, 0.2) is 46.3 Å². The first-order chi connectivity index (χ1) is 11.7. The lowest BCUT2D eigenvalue weighted by molar-refractivity contribution is -0.126. The molecule has 1 aromatic carbocycles. The van der Waals surface area contributed by atoms with E-state index in [9.17, 15) is 4.79 Å². The standard InChI is InChI=1S/C18H19BrN2O2S/c1-23-15-4-2-3-14(13-15)20-9-11-21(12-10-20)18(22)8-6-16-5-7-17(19)24-16/h2-8,13H,9-12H2,1H3/b8-6+. The van der Waals surface area contributed by atoms with Crippen LogP contribution in [0.2, 0.25) is 0 Å². The van der Waals surface area contributed by atoms with Crippen molar-refractivity contribution in [2.24, 2.45) is 0 Å². The maximum absolute atomic E-state index is 12.3. The Morgan fingerprint density at radius 2 is 2.00 bits per heavy atom. The number of methoxy groups -OCH3 is 1. The van der Waals surface area contributed by atoms with Gasteiger partial charge in [-0.25, -0.2) is 0 Å². The lowest BCUT2D eigenvalue weighted by atomic mass is 10.2. The Hall–Kier alpha value is -1.79. The molecule has 0 bridgehead atoms. The van der Waals surface area contributed by atoms with Gasteiger partial charge < -0.3 is 14.5 Å². The lowest BCUT2D eigenvalue weighted by Crippen LogP contribution is -2.48. The molecule has 24 heavy (non-hydrogen) atoms. The lowest BCUT2D eigenvalue weighted by Gasteiger charge is -2.35. The minimum absolute atomic E-state index is 0.0739. The zero-order chi connectivity index (χ0) is 16.9. The van der Waals surface area contributed by atoms with E-state index in [1.165, 1.54) is 0 Å². The second-order valence-corrected chi connectivity index (χ2v) is 7.98. The van der Waals surface area contributed by atoms with Crippen molar-refractivity contribution >= 4 is 44.9 Å². The summed E-state index contributed by atoms with van der Waals surface area (Å²) in [6.45, 7) is 3.12. The quantitative estimate of drug-likeness (QED) is 0.722. The van der Waals surface area contributed by atoms with Crippen molar-refractivity contribution in [3.05, 3.63) is 51.1 Å². The van der Waals surface area contributed by atoms with E-state index in [4.69, 9.17) is 4.74 Å². The number of amides is 1. The highest BCUT2D eigenvalue weighted by atomic mass is 79.9. The number of halogens is 1. The van der Waals surface area contributed by atoms with Gasteiger partial charge in [0.05, 0.1) is 10.9 Å². The number of piperazine rings is 1. The monoisotopic (exact) mass is 406 g/mol. The zero-order valence-electron chi connectivity index (χ0n) is 13.4. The number of ether oxygens (including phenoxy) is 1. The van der Waals surface area contributed by atoms with Crippen molar-refractivity contribution in [3.63, 3.8) is 0 Å². The van der Waals surface area contributed by atoms with Gasteiger partial charge >= 0.3 is 0 Å². The Bertz CT molecular complexity index is 736. The molecule has 1 aromatic heterocycles. The van der Waals surface area contributed by atoms with Gasteiger partial charge in [-0.1, -0.05) is 6.07 Å². The summed E-state index contributed by atoms with van der Waals surface area (Å²) in [5, 5.41) is 0. The molecule has 0 unspecified atom stereocenters. The number of rotatable bonds is 4.